The Labute approximate surface area is 113 Å². The standard InChI is InChI=1S/C15H21BrO/c1-2-17-15-11-7-6-9-13(15)12-8-4-3-5-10-14(12)16/h6-7,9,11-12,14H,2-5,8,10H2,1H3. The Morgan fingerprint density at radius 1 is 1.18 bits per heavy atom. The number of para-hydroxylation sites is 1. The van der Waals surface area contributed by atoms with E-state index in [2.05, 4.69) is 47.1 Å². The summed E-state index contributed by atoms with van der Waals surface area (Å²) in [5.74, 6) is 1.69. The lowest BCUT2D eigenvalue weighted by Gasteiger charge is -2.22. The highest BCUT2D eigenvalue weighted by molar-refractivity contribution is 9.09. The summed E-state index contributed by atoms with van der Waals surface area (Å²) >= 11 is 3.87. The van der Waals surface area contributed by atoms with Crippen LogP contribution >= 0.6 is 15.9 Å². The molecule has 0 aromatic heterocycles. The number of hydrogen-bond acceptors (Lipinski definition) is 1. The first-order valence-corrected chi connectivity index (χ1v) is 7.60. The maximum absolute atomic E-state index is 5.76. The lowest BCUT2D eigenvalue weighted by Crippen LogP contribution is -2.12. The molecule has 0 N–H and O–H groups in total. The van der Waals surface area contributed by atoms with Crippen LogP contribution in [0.3, 0.4) is 0 Å². The number of benzene rings is 1. The quantitative estimate of drug-likeness (QED) is 0.570. The van der Waals surface area contributed by atoms with E-state index in [1.54, 1.807) is 0 Å². The molecule has 94 valence electrons. The third kappa shape index (κ3) is 3.25. The molecule has 2 rings (SSSR count). The molecule has 0 amide bonds. The minimum atomic E-state index is 0.603. The molecule has 0 radical (unpaired) electrons. The number of rotatable bonds is 3. The molecule has 1 aliphatic carbocycles. The third-order valence-corrected chi connectivity index (χ3v) is 4.65. The van der Waals surface area contributed by atoms with Gasteiger partial charge in [0.2, 0.25) is 0 Å². The molecule has 0 bridgehead atoms. The molecule has 17 heavy (non-hydrogen) atoms. The highest BCUT2D eigenvalue weighted by atomic mass is 79.9. The minimum Gasteiger partial charge on any atom is -0.494 e. The molecule has 2 heteroatoms. The van der Waals surface area contributed by atoms with E-state index in [9.17, 15) is 0 Å². The molecule has 0 saturated heterocycles. The molecule has 0 spiro atoms. The molecule has 0 heterocycles. The zero-order valence-corrected chi connectivity index (χ0v) is 12.1. The lowest BCUT2D eigenvalue weighted by atomic mass is 9.91. The Balaban J connectivity index is 2.24. The van der Waals surface area contributed by atoms with Crippen LogP contribution in [0.1, 0.15) is 50.5 Å². The fraction of sp³-hybridized carbons (Fsp3) is 0.600. The average molecular weight is 297 g/mol. The van der Waals surface area contributed by atoms with Crippen molar-refractivity contribution in [2.24, 2.45) is 0 Å². The molecule has 1 aliphatic rings. The van der Waals surface area contributed by atoms with Crippen molar-refractivity contribution in [3.05, 3.63) is 29.8 Å². The van der Waals surface area contributed by atoms with Crippen molar-refractivity contribution in [3.8, 4) is 5.75 Å². The maximum Gasteiger partial charge on any atom is 0.122 e. The zero-order valence-electron chi connectivity index (χ0n) is 10.5. The largest absolute Gasteiger partial charge is 0.494 e. The fourth-order valence-electron chi connectivity index (χ4n) is 2.69. The highest BCUT2D eigenvalue weighted by Crippen LogP contribution is 2.39. The van der Waals surface area contributed by atoms with Crippen molar-refractivity contribution in [3.63, 3.8) is 0 Å². The van der Waals surface area contributed by atoms with Crippen LogP contribution < -0.4 is 4.74 Å². The van der Waals surface area contributed by atoms with E-state index >= 15 is 0 Å². The highest BCUT2D eigenvalue weighted by Gasteiger charge is 2.25. The second-order valence-electron chi connectivity index (χ2n) is 4.73. The number of ether oxygens (including phenoxy) is 1. The van der Waals surface area contributed by atoms with Gasteiger partial charge in [-0.2, -0.15) is 0 Å². The minimum absolute atomic E-state index is 0.603. The molecule has 1 nitrogen and oxygen atoms in total. The van der Waals surface area contributed by atoms with Gasteiger partial charge in [0.15, 0.2) is 0 Å². The molecule has 1 aromatic rings. The predicted molar refractivity (Wildman–Crippen MR) is 76.2 cm³/mol. The number of hydrogen-bond donors (Lipinski definition) is 0. The topological polar surface area (TPSA) is 9.23 Å². The van der Waals surface area contributed by atoms with E-state index in [0.29, 0.717) is 10.7 Å². The zero-order chi connectivity index (χ0) is 12.1. The van der Waals surface area contributed by atoms with Crippen molar-refractivity contribution >= 4 is 15.9 Å². The SMILES string of the molecule is CCOc1ccccc1C1CCCCCC1Br. The van der Waals surface area contributed by atoms with Gasteiger partial charge in [0.05, 0.1) is 6.61 Å². The van der Waals surface area contributed by atoms with E-state index in [4.69, 9.17) is 4.74 Å². The summed E-state index contributed by atoms with van der Waals surface area (Å²) < 4.78 is 5.76. The molecule has 1 saturated carbocycles. The van der Waals surface area contributed by atoms with Gasteiger partial charge in [-0.25, -0.2) is 0 Å². The molecule has 1 aromatic carbocycles. The Morgan fingerprint density at radius 3 is 2.76 bits per heavy atom. The molecular weight excluding hydrogens is 276 g/mol. The van der Waals surface area contributed by atoms with Gasteiger partial charge in [0.25, 0.3) is 0 Å². The molecule has 1 fully saturated rings. The van der Waals surface area contributed by atoms with E-state index in [-0.39, 0.29) is 0 Å². The summed E-state index contributed by atoms with van der Waals surface area (Å²) in [6.45, 7) is 2.80. The summed E-state index contributed by atoms with van der Waals surface area (Å²) in [7, 11) is 0. The van der Waals surface area contributed by atoms with Crippen LogP contribution in [0.2, 0.25) is 0 Å². The van der Waals surface area contributed by atoms with Crippen LogP contribution in [-0.2, 0) is 0 Å². The first-order chi connectivity index (χ1) is 8.33. The number of alkyl halides is 1. The summed E-state index contributed by atoms with van der Waals surface area (Å²) in [5.41, 5.74) is 1.39. The Kier molecular flexibility index (Phi) is 4.90. The second-order valence-corrected chi connectivity index (χ2v) is 5.91. The van der Waals surface area contributed by atoms with Crippen LogP contribution in [0, 0.1) is 0 Å². The van der Waals surface area contributed by atoms with Gasteiger partial charge in [-0.3, -0.25) is 0 Å². The van der Waals surface area contributed by atoms with Gasteiger partial charge in [-0.15, -0.1) is 0 Å². The molecule has 2 atom stereocenters. The monoisotopic (exact) mass is 296 g/mol. The van der Waals surface area contributed by atoms with E-state index < -0.39 is 0 Å². The van der Waals surface area contributed by atoms with Gasteiger partial charge in [-0.1, -0.05) is 53.4 Å². The van der Waals surface area contributed by atoms with Crippen molar-refractivity contribution in [2.75, 3.05) is 6.61 Å². The Bertz CT molecular complexity index is 351. The first kappa shape index (κ1) is 12.9. The van der Waals surface area contributed by atoms with Gasteiger partial charge in [0.1, 0.15) is 5.75 Å². The van der Waals surface area contributed by atoms with Gasteiger partial charge >= 0.3 is 0 Å². The summed E-state index contributed by atoms with van der Waals surface area (Å²) in [6.07, 6.45) is 6.62. The fourth-order valence-corrected chi connectivity index (χ4v) is 3.56. The summed E-state index contributed by atoms with van der Waals surface area (Å²) in [4.78, 5) is 0.603. The van der Waals surface area contributed by atoms with Crippen molar-refractivity contribution in [1.29, 1.82) is 0 Å². The summed E-state index contributed by atoms with van der Waals surface area (Å²) in [5, 5.41) is 0. The van der Waals surface area contributed by atoms with Crippen molar-refractivity contribution in [2.45, 2.75) is 49.8 Å². The Hall–Kier alpha value is -0.500. The van der Waals surface area contributed by atoms with Crippen LogP contribution in [-0.4, -0.2) is 11.4 Å². The first-order valence-electron chi connectivity index (χ1n) is 6.68. The van der Waals surface area contributed by atoms with E-state index in [1.165, 1.54) is 37.7 Å². The summed E-state index contributed by atoms with van der Waals surface area (Å²) in [6, 6.07) is 8.52. The predicted octanol–water partition coefficient (Wildman–Crippen LogP) is 4.90. The second kappa shape index (κ2) is 6.44. The van der Waals surface area contributed by atoms with Gasteiger partial charge in [0, 0.05) is 10.7 Å². The van der Waals surface area contributed by atoms with E-state index in [1.807, 2.05) is 0 Å². The van der Waals surface area contributed by atoms with E-state index in [0.717, 1.165) is 12.4 Å². The normalized spacial score (nSPS) is 25.3. The van der Waals surface area contributed by atoms with Gasteiger partial charge in [-0.05, 0) is 31.4 Å². The van der Waals surface area contributed by atoms with Crippen LogP contribution in [0.5, 0.6) is 5.75 Å². The van der Waals surface area contributed by atoms with Crippen molar-refractivity contribution < 1.29 is 4.74 Å². The van der Waals surface area contributed by atoms with Crippen LogP contribution in [0.15, 0.2) is 24.3 Å². The molecular formula is C15H21BrO. The smallest absolute Gasteiger partial charge is 0.122 e. The van der Waals surface area contributed by atoms with Gasteiger partial charge < -0.3 is 4.74 Å². The van der Waals surface area contributed by atoms with Crippen molar-refractivity contribution in [1.82, 2.24) is 0 Å². The molecule has 0 aliphatic heterocycles. The third-order valence-electron chi connectivity index (χ3n) is 3.55. The lowest BCUT2D eigenvalue weighted by molar-refractivity contribution is 0.333. The molecule has 2 unspecified atom stereocenters. The van der Waals surface area contributed by atoms with Crippen LogP contribution in [0.4, 0.5) is 0 Å². The average Bonchev–Trinajstić information content (AvgIpc) is 2.55. The Morgan fingerprint density at radius 2 is 1.94 bits per heavy atom. The number of halogens is 1. The van der Waals surface area contributed by atoms with Crippen LogP contribution in [0.25, 0.3) is 0 Å². The maximum atomic E-state index is 5.76.